The molecule has 204 valence electrons. The van der Waals surface area contributed by atoms with E-state index in [9.17, 15) is 0 Å². The smallest absolute Gasteiger partial charge is 0.374 e. The molecule has 42 heavy (non-hydrogen) atoms. The van der Waals surface area contributed by atoms with Crippen LogP contribution in [0.1, 0.15) is 19.2 Å². The Hall–Kier alpha value is -5.35. The fourth-order valence-electron chi connectivity index (χ4n) is 5.47. The third-order valence-corrected chi connectivity index (χ3v) is 7.75. The number of oxazole rings is 1. The number of hydrogen-bond acceptors (Lipinski definition) is 3. The predicted molar refractivity (Wildman–Crippen MR) is 170 cm³/mol. The van der Waals surface area contributed by atoms with Gasteiger partial charge in [-0.15, -0.1) is 0 Å². The quantitative estimate of drug-likeness (QED) is 0.195. The molecule has 0 radical (unpaired) electrons. The van der Waals surface area contributed by atoms with Crippen LogP contribution in [0.2, 0.25) is 0 Å². The van der Waals surface area contributed by atoms with Gasteiger partial charge in [0.25, 0.3) is 5.52 Å². The number of ether oxygens (including phenoxy) is 1. The van der Waals surface area contributed by atoms with Gasteiger partial charge in [-0.05, 0) is 64.6 Å². The Kier molecular flexibility index (Phi) is 6.65. The van der Waals surface area contributed by atoms with Crippen molar-refractivity contribution in [2.75, 3.05) is 4.90 Å². The molecule has 0 amide bonds. The minimum absolute atomic E-state index is 0.764. The number of benzene rings is 5. The third-order valence-electron chi connectivity index (χ3n) is 7.75. The Morgan fingerprint density at radius 1 is 0.714 bits per heavy atom. The second-order valence-electron chi connectivity index (χ2n) is 10.4. The van der Waals surface area contributed by atoms with Crippen molar-refractivity contribution in [1.82, 2.24) is 0 Å². The van der Waals surface area contributed by atoms with Crippen molar-refractivity contribution in [2.45, 2.75) is 13.3 Å². The number of para-hydroxylation sites is 1. The Morgan fingerprint density at radius 2 is 1.33 bits per heavy atom. The summed E-state index contributed by atoms with van der Waals surface area (Å²) < 4.78 is 14.9. The second kappa shape index (κ2) is 10.9. The number of aromatic nitrogens is 1. The molecule has 0 fully saturated rings. The molecule has 0 aliphatic carbocycles. The summed E-state index contributed by atoms with van der Waals surface area (Å²) in [5, 5.41) is 0. The molecular formula is C38H31N2O2+. The lowest BCUT2D eigenvalue weighted by Gasteiger charge is -2.19. The van der Waals surface area contributed by atoms with Gasteiger partial charge in [0.05, 0.1) is 11.8 Å². The van der Waals surface area contributed by atoms with Crippen molar-refractivity contribution in [3.8, 4) is 28.0 Å². The van der Waals surface area contributed by atoms with Crippen LogP contribution in [0.4, 0.5) is 11.4 Å². The summed E-state index contributed by atoms with van der Waals surface area (Å²) in [6.07, 6.45) is 5.05. The minimum Gasteiger partial charge on any atom is -0.438 e. The standard InChI is InChI=1S/C38H31N2O2/c1-3-27(23-37-39(2)33-25-30(19-21-35(33)41-37)28-13-7-4-8-14-28)24-38-40(32-17-11-6-12-18-32)34-26-31(20-22-36(34)42-38)29-15-9-5-10-16-29/h4-26H,3H2,1-2H3/q+1. The summed E-state index contributed by atoms with van der Waals surface area (Å²) in [6, 6.07) is 44.0. The molecule has 1 aliphatic rings. The highest BCUT2D eigenvalue weighted by Gasteiger charge is 2.29. The molecule has 1 aromatic heterocycles. The van der Waals surface area contributed by atoms with Crippen molar-refractivity contribution in [3.63, 3.8) is 0 Å². The van der Waals surface area contributed by atoms with Gasteiger partial charge in [-0.25, -0.2) is 0 Å². The van der Waals surface area contributed by atoms with Crippen LogP contribution < -0.4 is 14.2 Å². The Morgan fingerprint density at radius 3 is 2.00 bits per heavy atom. The number of aryl methyl sites for hydroxylation is 1. The van der Waals surface area contributed by atoms with E-state index in [0.717, 1.165) is 57.6 Å². The van der Waals surface area contributed by atoms with Gasteiger partial charge < -0.3 is 9.15 Å². The van der Waals surface area contributed by atoms with Crippen LogP contribution in [-0.4, -0.2) is 0 Å². The maximum Gasteiger partial charge on any atom is 0.374 e. The zero-order chi connectivity index (χ0) is 28.5. The molecule has 0 bridgehead atoms. The van der Waals surface area contributed by atoms with Crippen LogP contribution in [0.5, 0.6) is 5.75 Å². The normalized spacial score (nSPS) is 13.9. The van der Waals surface area contributed by atoms with Gasteiger partial charge in [-0.1, -0.05) is 97.9 Å². The molecule has 4 heteroatoms. The van der Waals surface area contributed by atoms with Crippen LogP contribution >= 0.6 is 0 Å². The maximum atomic E-state index is 6.50. The summed E-state index contributed by atoms with van der Waals surface area (Å²) in [6.45, 7) is 2.15. The van der Waals surface area contributed by atoms with E-state index in [1.54, 1.807) is 0 Å². The molecule has 0 saturated heterocycles. The van der Waals surface area contributed by atoms with Crippen molar-refractivity contribution in [1.29, 1.82) is 0 Å². The molecule has 0 saturated carbocycles. The number of fused-ring (bicyclic) bond motifs is 2. The molecule has 0 N–H and O–H groups in total. The van der Waals surface area contributed by atoms with Crippen LogP contribution in [0.3, 0.4) is 0 Å². The molecule has 7 rings (SSSR count). The van der Waals surface area contributed by atoms with Crippen molar-refractivity contribution >= 4 is 28.6 Å². The molecule has 2 heterocycles. The highest BCUT2D eigenvalue weighted by Crippen LogP contribution is 2.46. The van der Waals surface area contributed by atoms with E-state index in [1.807, 2.05) is 18.2 Å². The summed E-state index contributed by atoms with van der Waals surface area (Å²) in [5.74, 6) is 2.39. The average molecular weight is 548 g/mol. The van der Waals surface area contributed by atoms with Crippen LogP contribution in [0.15, 0.2) is 149 Å². The lowest BCUT2D eigenvalue weighted by Crippen LogP contribution is -2.29. The van der Waals surface area contributed by atoms with E-state index in [1.165, 1.54) is 16.7 Å². The highest BCUT2D eigenvalue weighted by molar-refractivity contribution is 5.82. The van der Waals surface area contributed by atoms with Gasteiger partial charge in [-0.2, -0.15) is 4.57 Å². The van der Waals surface area contributed by atoms with Gasteiger partial charge in [0.2, 0.25) is 11.5 Å². The first-order valence-corrected chi connectivity index (χ1v) is 14.3. The van der Waals surface area contributed by atoms with Crippen LogP contribution in [0, 0.1) is 0 Å². The number of anilines is 2. The lowest BCUT2D eigenvalue weighted by atomic mass is 10.0. The predicted octanol–water partition coefficient (Wildman–Crippen LogP) is 9.46. The number of allylic oxidation sites excluding steroid dienone is 2. The molecule has 0 atom stereocenters. The van der Waals surface area contributed by atoms with E-state index < -0.39 is 0 Å². The lowest BCUT2D eigenvalue weighted by molar-refractivity contribution is -0.652. The largest absolute Gasteiger partial charge is 0.438 e. The zero-order valence-electron chi connectivity index (χ0n) is 23.7. The topological polar surface area (TPSA) is 29.5 Å². The highest BCUT2D eigenvalue weighted by atomic mass is 16.5. The summed E-state index contributed by atoms with van der Waals surface area (Å²) >= 11 is 0. The molecule has 0 spiro atoms. The maximum absolute atomic E-state index is 6.50. The second-order valence-corrected chi connectivity index (χ2v) is 10.4. The molecular weight excluding hydrogens is 516 g/mol. The zero-order valence-corrected chi connectivity index (χ0v) is 23.7. The van der Waals surface area contributed by atoms with Gasteiger partial charge in [0.1, 0.15) is 7.05 Å². The molecule has 0 unspecified atom stereocenters. The Bertz CT molecular complexity index is 1940. The van der Waals surface area contributed by atoms with E-state index in [4.69, 9.17) is 9.15 Å². The fourth-order valence-corrected chi connectivity index (χ4v) is 5.47. The summed E-state index contributed by atoms with van der Waals surface area (Å²) in [7, 11) is 2.05. The first kappa shape index (κ1) is 25.6. The van der Waals surface area contributed by atoms with Crippen molar-refractivity contribution in [2.24, 2.45) is 7.05 Å². The minimum atomic E-state index is 0.764. The van der Waals surface area contributed by atoms with E-state index in [-0.39, 0.29) is 0 Å². The van der Waals surface area contributed by atoms with Crippen molar-refractivity contribution < 1.29 is 13.7 Å². The van der Waals surface area contributed by atoms with Gasteiger partial charge >= 0.3 is 5.89 Å². The Balaban J connectivity index is 1.28. The van der Waals surface area contributed by atoms with E-state index in [2.05, 4.69) is 145 Å². The monoisotopic (exact) mass is 547 g/mol. The number of nitrogens with zero attached hydrogens (tertiary/aromatic N) is 2. The molecule has 1 aliphatic heterocycles. The number of hydrogen-bond donors (Lipinski definition) is 0. The van der Waals surface area contributed by atoms with Crippen LogP contribution in [0.25, 0.3) is 39.4 Å². The molecule has 4 nitrogen and oxygen atoms in total. The van der Waals surface area contributed by atoms with E-state index >= 15 is 0 Å². The van der Waals surface area contributed by atoms with Crippen LogP contribution in [-0.2, 0) is 7.05 Å². The van der Waals surface area contributed by atoms with Gasteiger partial charge in [0.15, 0.2) is 5.75 Å². The first-order chi connectivity index (χ1) is 20.7. The Labute approximate surface area is 246 Å². The van der Waals surface area contributed by atoms with E-state index in [0.29, 0.717) is 0 Å². The first-order valence-electron chi connectivity index (χ1n) is 14.3. The fraction of sp³-hybridized carbons (Fsp3) is 0.0789. The van der Waals surface area contributed by atoms with Gasteiger partial charge in [-0.3, -0.25) is 4.90 Å². The van der Waals surface area contributed by atoms with Gasteiger partial charge in [0, 0.05) is 17.8 Å². The summed E-state index contributed by atoms with van der Waals surface area (Å²) in [4.78, 5) is 2.19. The summed E-state index contributed by atoms with van der Waals surface area (Å²) in [5.41, 5.74) is 9.75. The average Bonchev–Trinajstić information content (AvgIpc) is 3.57. The third kappa shape index (κ3) is 4.77. The molecule has 6 aromatic rings. The molecule has 5 aromatic carbocycles. The SMILES string of the molecule is CCC(=Cc1oc2ccc(-c3ccccc3)cc2[n+]1C)C=C1Oc2ccc(-c3ccccc3)cc2N1c1ccccc1. The van der Waals surface area contributed by atoms with Crippen molar-refractivity contribution in [3.05, 3.63) is 151 Å². The number of rotatable bonds is 6.